The van der Waals surface area contributed by atoms with Crippen LogP contribution in [0.3, 0.4) is 0 Å². The van der Waals surface area contributed by atoms with Crippen molar-refractivity contribution in [2.75, 3.05) is 5.32 Å². The van der Waals surface area contributed by atoms with Crippen LogP contribution < -0.4 is 5.32 Å². The second kappa shape index (κ2) is 5.26. The van der Waals surface area contributed by atoms with Crippen molar-refractivity contribution in [1.82, 2.24) is 0 Å². The number of rotatable bonds is 2. The summed E-state index contributed by atoms with van der Waals surface area (Å²) in [6, 6.07) is 6.42. The minimum absolute atomic E-state index is 0.0378. The smallest absolute Gasteiger partial charge is 0.269 e. The van der Waals surface area contributed by atoms with Gasteiger partial charge in [0, 0.05) is 25.5 Å². The largest absolute Gasteiger partial charge is 0.324 e. The Morgan fingerprint density at radius 2 is 2.00 bits per heavy atom. The highest BCUT2D eigenvalue weighted by molar-refractivity contribution is 6.41. The van der Waals surface area contributed by atoms with Gasteiger partial charge in [-0.3, -0.25) is 14.9 Å². The van der Waals surface area contributed by atoms with E-state index in [2.05, 4.69) is 5.32 Å². The molecule has 2 aromatic carbocycles. The Bertz CT molecular complexity index is 834. The Balaban J connectivity index is 2.14. The third kappa shape index (κ3) is 2.32. The lowest BCUT2D eigenvalue weighted by Crippen LogP contribution is -2.07. The summed E-state index contributed by atoms with van der Waals surface area (Å²) in [5.74, 6) is -0.269. The average molecular weight is 337 g/mol. The minimum Gasteiger partial charge on any atom is -0.324 e. The highest BCUT2D eigenvalue weighted by atomic mass is 35.5. The molecule has 0 aliphatic heterocycles. The number of carbonyl (C=O) groups is 1. The van der Waals surface area contributed by atoms with Crippen LogP contribution in [0.5, 0.6) is 0 Å². The normalized spacial score (nSPS) is 11.8. The van der Waals surface area contributed by atoms with Gasteiger partial charge < -0.3 is 5.32 Å². The van der Waals surface area contributed by atoms with Gasteiger partial charge in [0.05, 0.1) is 20.7 Å². The Morgan fingerprint density at radius 1 is 1.27 bits per heavy atom. The first kappa shape index (κ1) is 14.8. The van der Waals surface area contributed by atoms with Gasteiger partial charge in [0.25, 0.3) is 5.69 Å². The fourth-order valence-corrected chi connectivity index (χ4v) is 3.27. The molecule has 1 aliphatic carbocycles. The van der Waals surface area contributed by atoms with Crippen molar-refractivity contribution >= 4 is 40.5 Å². The van der Waals surface area contributed by atoms with E-state index >= 15 is 0 Å². The van der Waals surface area contributed by atoms with Crippen LogP contribution in [-0.4, -0.2) is 10.8 Å². The second-order valence-corrected chi connectivity index (χ2v) is 5.82. The number of amides is 1. The summed E-state index contributed by atoms with van der Waals surface area (Å²) in [6.45, 7) is 1.37. The van der Waals surface area contributed by atoms with Crippen LogP contribution in [-0.2, 0) is 11.2 Å². The number of carbonyl (C=O) groups excluding carboxylic acids is 1. The molecule has 0 atom stereocenters. The first-order valence-corrected chi connectivity index (χ1v) is 7.20. The number of anilines is 1. The number of hydrogen-bond donors (Lipinski definition) is 1. The maximum absolute atomic E-state index is 11.3. The Kier molecular flexibility index (Phi) is 3.54. The molecule has 0 fully saturated rings. The molecule has 22 heavy (non-hydrogen) atoms. The van der Waals surface area contributed by atoms with Crippen LogP contribution in [0.1, 0.15) is 18.1 Å². The lowest BCUT2D eigenvalue weighted by atomic mass is 10.0. The van der Waals surface area contributed by atoms with E-state index in [0.29, 0.717) is 22.2 Å². The maximum Gasteiger partial charge on any atom is 0.269 e. The topological polar surface area (TPSA) is 72.2 Å². The molecule has 0 spiro atoms. The zero-order valence-corrected chi connectivity index (χ0v) is 13.0. The van der Waals surface area contributed by atoms with E-state index in [0.717, 1.165) is 22.3 Å². The van der Waals surface area contributed by atoms with Gasteiger partial charge in [-0.25, -0.2) is 0 Å². The van der Waals surface area contributed by atoms with Crippen molar-refractivity contribution in [1.29, 1.82) is 0 Å². The van der Waals surface area contributed by atoms with Gasteiger partial charge >= 0.3 is 0 Å². The number of non-ortho nitro benzene ring substituents is 1. The molecule has 0 aromatic heterocycles. The molecule has 1 aliphatic rings. The number of halogens is 2. The molecular weight excluding hydrogens is 327 g/mol. The zero-order valence-electron chi connectivity index (χ0n) is 11.4. The van der Waals surface area contributed by atoms with Gasteiger partial charge in [-0.05, 0) is 34.4 Å². The van der Waals surface area contributed by atoms with Gasteiger partial charge in [-0.2, -0.15) is 0 Å². The number of fused-ring (bicyclic) bond motifs is 3. The Morgan fingerprint density at radius 3 is 2.64 bits per heavy atom. The molecule has 0 bridgehead atoms. The van der Waals surface area contributed by atoms with E-state index in [9.17, 15) is 14.9 Å². The summed E-state index contributed by atoms with van der Waals surface area (Å²) >= 11 is 12.6. The standard InChI is InChI=1S/C15H10Cl2N2O3/c1-7(20)18-15-13(16)6-11-10-3-2-9(19(21)22)4-8(10)5-12(11)14(15)17/h2-4,6H,5H2,1H3,(H,18,20). The quantitative estimate of drug-likeness (QED) is 0.555. The highest BCUT2D eigenvalue weighted by Crippen LogP contribution is 2.46. The fraction of sp³-hybridized carbons (Fsp3) is 0.133. The Hall–Kier alpha value is -2.11. The number of nitro benzene ring substituents is 1. The van der Waals surface area contributed by atoms with E-state index in [1.165, 1.54) is 19.1 Å². The van der Waals surface area contributed by atoms with E-state index in [4.69, 9.17) is 23.2 Å². The number of nitrogens with zero attached hydrogens (tertiary/aromatic N) is 1. The summed E-state index contributed by atoms with van der Waals surface area (Å²) in [5, 5.41) is 14.2. The monoisotopic (exact) mass is 336 g/mol. The van der Waals surface area contributed by atoms with Gasteiger partial charge in [0.1, 0.15) is 0 Å². The second-order valence-electron chi connectivity index (χ2n) is 5.03. The molecule has 0 radical (unpaired) electrons. The molecule has 2 aromatic rings. The number of nitro groups is 1. The maximum atomic E-state index is 11.3. The molecule has 0 saturated heterocycles. The van der Waals surface area contributed by atoms with E-state index in [-0.39, 0.29) is 11.6 Å². The first-order valence-electron chi connectivity index (χ1n) is 6.44. The fourth-order valence-electron chi connectivity index (χ4n) is 2.66. The lowest BCUT2D eigenvalue weighted by molar-refractivity contribution is -0.384. The molecule has 1 amide bonds. The van der Waals surface area contributed by atoms with Crippen LogP contribution in [0.4, 0.5) is 11.4 Å². The average Bonchev–Trinajstić information content (AvgIpc) is 2.81. The molecule has 3 rings (SSSR count). The van der Waals surface area contributed by atoms with Gasteiger partial charge in [-0.1, -0.05) is 23.2 Å². The van der Waals surface area contributed by atoms with Crippen molar-refractivity contribution in [2.24, 2.45) is 0 Å². The SMILES string of the molecule is CC(=O)Nc1c(Cl)cc2c(c1Cl)Cc1cc([N+](=O)[O-])ccc1-2. The molecule has 0 heterocycles. The van der Waals surface area contributed by atoms with Crippen LogP contribution >= 0.6 is 23.2 Å². The Labute approximate surface area is 136 Å². The zero-order chi connectivity index (χ0) is 16.0. The van der Waals surface area contributed by atoms with Crippen LogP contribution in [0.2, 0.25) is 10.0 Å². The van der Waals surface area contributed by atoms with Crippen molar-refractivity contribution in [3.05, 3.63) is 55.6 Å². The molecule has 5 nitrogen and oxygen atoms in total. The van der Waals surface area contributed by atoms with E-state index < -0.39 is 4.92 Å². The minimum atomic E-state index is -0.430. The van der Waals surface area contributed by atoms with Crippen molar-refractivity contribution in [3.8, 4) is 11.1 Å². The first-order chi connectivity index (χ1) is 10.4. The van der Waals surface area contributed by atoms with Crippen molar-refractivity contribution in [2.45, 2.75) is 13.3 Å². The van der Waals surface area contributed by atoms with E-state index in [1.54, 1.807) is 12.1 Å². The summed E-state index contributed by atoms with van der Waals surface area (Å²) in [4.78, 5) is 21.7. The predicted molar refractivity (Wildman–Crippen MR) is 85.7 cm³/mol. The van der Waals surface area contributed by atoms with Crippen LogP contribution in [0, 0.1) is 10.1 Å². The van der Waals surface area contributed by atoms with Gasteiger partial charge in [-0.15, -0.1) is 0 Å². The highest BCUT2D eigenvalue weighted by Gasteiger charge is 2.26. The summed E-state index contributed by atoms with van der Waals surface area (Å²) < 4.78 is 0. The number of nitrogens with one attached hydrogen (secondary N) is 1. The van der Waals surface area contributed by atoms with Crippen molar-refractivity contribution < 1.29 is 9.72 Å². The summed E-state index contributed by atoms with van der Waals surface area (Å²) in [6.07, 6.45) is 0.467. The lowest BCUT2D eigenvalue weighted by Gasteiger charge is -2.12. The van der Waals surface area contributed by atoms with Gasteiger partial charge in [0.15, 0.2) is 0 Å². The molecule has 0 unspecified atom stereocenters. The molecule has 7 heteroatoms. The summed E-state index contributed by atoms with van der Waals surface area (Å²) in [7, 11) is 0. The third-order valence-electron chi connectivity index (χ3n) is 3.58. The van der Waals surface area contributed by atoms with E-state index in [1.807, 2.05) is 0 Å². The molecule has 0 saturated carbocycles. The molecule has 112 valence electrons. The summed E-state index contributed by atoms with van der Waals surface area (Å²) in [5.41, 5.74) is 3.76. The molecular formula is C15H10Cl2N2O3. The van der Waals surface area contributed by atoms with Crippen LogP contribution in [0.25, 0.3) is 11.1 Å². The third-order valence-corrected chi connectivity index (χ3v) is 4.29. The van der Waals surface area contributed by atoms with Gasteiger partial charge in [0.2, 0.25) is 5.91 Å². The van der Waals surface area contributed by atoms with Crippen LogP contribution in [0.15, 0.2) is 24.3 Å². The number of hydrogen-bond acceptors (Lipinski definition) is 3. The molecule has 1 N–H and O–H groups in total. The predicted octanol–water partition coefficient (Wildman–Crippen LogP) is 4.43. The number of benzene rings is 2. The van der Waals surface area contributed by atoms with Crippen molar-refractivity contribution in [3.63, 3.8) is 0 Å².